The van der Waals surface area contributed by atoms with Gasteiger partial charge in [-0.15, -0.1) is 5.10 Å². The number of halogens is 1. The van der Waals surface area contributed by atoms with E-state index in [1.165, 1.54) is 11.1 Å². The number of hydrogen-bond donors (Lipinski definition) is 0. The number of hydrogen-bond acceptors (Lipinski definition) is 3. The minimum Gasteiger partial charge on any atom is -0.299 e. The van der Waals surface area contributed by atoms with Gasteiger partial charge in [-0.1, -0.05) is 47.1 Å². The van der Waals surface area contributed by atoms with Crippen LogP contribution in [0.2, 0.25) is 5.02 Å². The maximum absolute atomic E-state index is 6.08. The first-order valence-corrected chi connectivity index (χ1v) is 9.52. The van der Waals surface area contributed by atoms with Crippen LogP contribution >= 0.6 is 11.6 Å². The van der Waals surface area contributed by atoms with Gasteiger partial charge >= 0.3 is 0 Å². The van der Waals surface area contributed by atoms with E-state index in [0.29, 0.717) is 10.9 Å². The Morgan fingerprint density at radius 2 is 1.88 bits per heavy atom. The molecule has 4 rings (SSSR count). The molecule has 0 bridgehead atoms. The summed E-state index contributed by atoms with van der Waals surface area (Å²) in [7, 11) is 0. The van der Waals surface area contributed by atoms with Crippen molar-refractivity contribution in [3.05, 3.63) is 76.6 Å². The van der Waals surface area contributed by atoms with Crippen LogP contribution in [-0.2, 0) is 6.54 Å². The lowest BCUT2D eigenvalue weighted by molar-refractivity contribution is 0.203. The molecule has 4 nitrogen and oxygen atoms in total. The average molecular weight is 367 g/mol. The Bertz CT molecular complexity index is 881. The van der Waals surface area contributed by atoms with Crippen LogP contribution in [0.4, 0.5) is 0 Å². The van der Waals surface area contributed by atoms with Crippen LogP contribution < -0.4 is 0 Å². The summed E-state index contributed by atoms with van der Waals surface area (Å²) in [5, 5.41) is 9.43. The topological polar surface area (TPSA) is 34.0 Å². The molecule has 1 aliphatic rings. The van der Waals surface area contributed by atoms with E-state index in [0.717, 1.165) is 43.9 Å². The highest BCUT2D eigenvalue weighted by atomic mass is 35.5. The molecule has 5 heteroatoms. The van der Waals surface area contributed by atoms with Gasteiger partial charge in [-0.25, -0.2) is 4.68 Å². The molecule has 1 saturated heterocycles. The van der Waals surface area contributed by atoms with Gasteiger partial charge in [0, 0.05) is 17.5 Å². The van der Waals surface area contributed by atoms with Crippen molar-refractivity contribution in [2.75, 3.05) is 13.1 Å². The molecule has 0 radical (unpaired) electrons. The second-order valence-electron chi connectivity index (χ2n) is 7.04. The van der Waals surface area contributed by atoms with Crippen molar-refractivity contribution in [1.29, 1.82) is 0 Å². The van der Waals surface area contributed by atoms with Crippen molar-refractivity contribution >= 4 is 11.6 Å². The minimum absolute atomic E-state index is 0.482. The van der Waals surface area contributed by atoms with Gasteiger partial charge in [0.25, 0.3) is 0 Å². The number of likely N-dealkylation sites (tertiary alicyclic amines) is 1. The van der Waals surface area contributed by atoms with Gasteiger partial charge in [0.1, 0.15) is 0 Å². The highest BCUT2D eigenvalue weighted by Gasteiger charge is 2.23. The number of rotatable bonds is 4. The standard InChI is InChI=1S/C21H23ClN4/c1-16-5-2-3-6-18(16)14-25-11-9-17(10-12-25)21-15-26(24-23-21)20-8-4-7-19(22)13-20/h2-8,13,15,17H,9-12,14H2,1H3. The van der Waals surface area contributed by atoms with Crippen molar-refractivity contribution in [1.82, 2.24) is 19.9 Å². The summed E-state index contributed by atoms with van der Waals surface area (Å²) in [6.45, 7) is 5.43. The van der Waals surface area contributed by atoms with Gasteiger partial charge in [-0.2, -0.15) is 0 Å². The Labute approximate surface area is 159 Å². The van der Waals surface area contributed by atoms with Crippen molar-refractivity contribution in [3.63, 3.8) is 0 Å². The smallest absolute Gasteiger partial charge is 0.0863 e. The van der Waals surface area contributed by atoms with E-state index in [1.54, 1.807) is 0 Å². The van der Waals surface area contributed by atoms with Crippen LogP contribution in [0.25, 0.3) is 5.69 Å². The molecule has 0 N–H and O–H groups in total. The molecule has 0 atom stereocenters. The quantitative estimate of drug-likeness (QED) is 0.676. The van der Waals surface area contributed by atoms with E-state index in [-0.39, 0.29) is 0 Å². The lowest BCUT2D eigenvalue weighted by Gasteiger charge is -2.31. The molecule has 0 spiro atoms. The number of aryl methyl sites for hydroxylation is 1. The Hall–Kier alpha value is -2.17. The lowest BCUT2D eigenvalue weighted by Crippen LogP contribution is -2.32. The van der Waals surface area contributed by atoms with Crippen molar-refractivity contribution in [3.8, 4) is 5.69 Å². The fourth-order valence-electron chi connectivity index (χ4n) is 3.62. The highest BCUT2D eigenvalue weighted by Crippen LogP contribution is 2.28. The lowest BCUT2D eigenvalue weighted by atomic mass is 9.93. The third kappa shape index (κ3) is 3.81. The summed E-state index contributed by atoms with van der Waals surface area (Å²) in [5.74, 6) is 0.482. The van der Waals surface area contributed by atoms with E-state index in [9.17, 15) is 0 Å². The highest BCUT2D eigenvalue weighted by molar-refractivity contribution is 6.30. The van der Waals surface area contributed by atoms with Crippen LogP contribution in [0.3, 0.4) is 0 Å². The molecule has 2 aromatic carbocycles. The van der Waals surface area contributed by atoms with Gasteiger partial charge in [0.2, 0.25) is 0 Å². The van der Waals surface area contributed by atoms with E-state index < -0.39 is 0 Å². The predicted molar refractivity (Wildman–Crippen MR) is 105 cm³/mol. The van der Waals surface area contributed by atoms with Crippen molar-refractivity contribution < 1.29 is 0 Å². The fraction of sp³-hybridized carbons (Fsp3) is 0.333. The maximum Gasteiger partial charge on any atom is 0.0863 e. The zero-order chi connectivity index (χ0) is 17.9. The summed E-state index contributed by atoms with van der Waals surface area (Å²) >= 11 is 6.08. The molecular formula is C21H23ClN4. The molecule has 0 aliphatic carbocycles. The third-order valence-electron chi connectivity index (χ3n) is 5.24. The zero-order valence-electron chi connectivity index (χ0n) is 15.0. The van der Waals surface area contributed by atoms with E-state index >= 15 is 0 Å². The molecule has 26 heavy (non-hydrogen) atoms. The van der Waals surface area contributed by atoms with Crippen LogP contribution in [0.15, 0.2) is 54.7 Å². The molecule has 3 aromatic rings. The van der Waals surface area contributed by atoms with E-state index in [1.807, 2.05) is 35.1 Å². The monoisotopic (exact) mass is 366 g/mol. The van der Waals surface area contributed by atoms with Gasteiger partial charge < -0.3 is 0 Å². The Morgan fingerprint density at radius 1 is 1.08 bits per heavy atom. The van der Waals surface area contributed by atoms with Crippen LogP contribution in [-0.4, -0.2) is 33.0 Å². The summed E-state index contributed by atoms with van der Waals surface area (Å²) in [4.78, 5) is 2.54. The Morgan fingerprint density at radius 3 is 2.65 bits per heavy atom. The first-order chi connectivity index (χ1) is 12.7. The van der Waals surface area contributed by atoms with Gasteiger partial charge in [0.05, 0.1) is 17.6 Å². The predicted octanol–water partition coefficient (Wildman–Crippen LogP) is 4.61. The van der Waals surface area contributed by atoms with Crippen molar-refractivity contribution in [2.24, 2.45) is 0 Å². The molecule has 2 heterocycles. The van der Waals surface area contributed by atoms with Gasteiger partial charge in [-0.05, 0) is 62.2 Å². The first-order valence-electron chi connectivity index (χ1n) is 9.14. The zero-order valence-corrected chi connectivity index (χ0v) is 15.7. The number of benzene rings is 2. The summed E-state index contributed by atoms with van der Waals surface area (Å²) in [5.41, 5.74) is 4.84. The molecular weight excluding hydrogens is 344 g/mol. The molecule has 134 valence electrons. The second-order valence-corrected chi connectivity index (χ2v) is 7.48. The Balaban J connectivity index is 1.39. The first kappa shape index (κ1) is 17.3. The van der Waals surface area contributed by atoms with Crippen LogP contribution in [0.5, 0.6) is 0 Å². The summed E-state index contributed by atoms with van der Waals surface area (Å²) < 4.78 is 1.82. The third-order valence-corrected chi connectivity index (χ3v) is 5.48. The normalized spacial score (nSPS) is 16.1. The summed E-state index contributed by atoms with van der Waals surface area (Å²) in [6.07, 6.45) is 4.30. The average Bonchev–Trinajstić information content (AvgIpc) is 3.14. The van der Waals surface area contributed by atoms with Crippen LogP contribution in [0.1, 0.15) is 35.6 Å². The molecule has 0 unspecified atom stereocenters. The minimum atomic E-state index is 0.482. The number of nitrogens with zero attached hydrogens (tertiary/aromatic N) is 4. The second kappa shape index (κ2) is 7.60. The van der Waals surface area contributed by atoms with E-state index in [2.05, 4.69) is 46.4 Å². The largest absolute Gasteiger partial charge is 0.299 e. The van der Waals surface area contributed by atoms with Crippen molar-refractivity contribution in [2.45, 2.75) is 32.2 Å². The Kier molecular flexibility index (Phi) is 5.05. The number of piperidine rings is 1. The van der Waals surface area contributed by atoms with Crippen LogP contribution in [0, 0.1) is 6.92 Å². The molecule has 1 aliphatic heterocycles. The molecule has 0 saturated carbocycles. The van der Waals surface area contributed by atoms with Gasteiger partial charge in [0.15, 0.2) is 0 Å². The number of aromatic nitrogens is 3. The molecule has 1 aromatic heterocycles. The van der Waals surface area contributed by atoms with Gasteiger partial charge in [-0.3, -0.25) is 4.90 Å². The fourth-order valence-corrected chi connectivity index (χ4v) is 3.81. The molecule has 0 amide bonds. The van der Waals surface area contributed by atoms with E-state index in [4.69, 9.17) is 11.6 Å². The maximum atomic E-state index is 6.08. The summed E-state index contributed by atoms with van der Waals surface area (Å²) in [6, 6.07) is 16.4. The SMILES string of the molecule is Cc1ccccc1CN1CCC(c2cn(-c3cccc(Cl)c3)nn2)CC1. The molecule has 1 fully saturated rings.